The molecule has 25 heavy (non-hydrogen) atoms. The largest absolute Gasteiger partial charge is 0.416 e. The number of amides is 1. The monoisotopic (exact) mass is 354 g/mol. The second-order valence-corrected chi connectivity index (χ2v) is 7.46. The van der Waals surface area contributed by atoms with Gasteiger partial charge in [-0.05, 0) is 43.2 Å². The molecule has 2 saturated heterocycles. The zero-order valence-corrected chi connectivity index (χ0v) is 14.6. The van der Waals surface area contributed by atoms with Gasteiger partial charge in [0.15, 0.2) is 0 Å². The number of fused-ring (bicyclic) bond motifs is 2. The van der Waals surface area contributed by atoms with Crippen molar-refractivity contribution in [2.24, 2.45) is 0 Å². The molecule has 3 unspecified atom stereocenters. The second kappa shape index (κ2) is 6.98. The minimum absolute atomic E-state index is 0.0734. The normalized spacial score (nSPS) is 27.2. The van der Waals surface area contributed by atoms with E-state index in [1.165, 1.54) is 12.1 Å². The number of hydrogen-bond donors (Lipinski definition) is 1. The maximum atomic E-state index is 13.2. The second-order valence-electron chi connectivity index (χ2n) is 7.46. The minimum atomic E-state index is -4.39. The summed E-state index contributed by atoms with van der Waals surface area (Å²) in [5.41, 5.74) is -0.444. The van der Waals surface area contributed by atoms with Crippen molar-refractivity contribution in [3.8, 4) is 0 Å². The van der Waals surface area contributed by atoms with Gasteiger partial charge in [0, 0.05) is 31.6 Å². The first-order valence-electron chi connectivity index (χ1n) is 8.93. The van der Waals surface area contributed by atoms with Crippen LogP contribution in [0.25, 0.3) is 0 Å². The molecular weight excluding hydrogens is 329 g/mol. The van der Waals surface area contributed by atoms with Crippen molar-refractivity contribution in [2.75, 3.05) is 7.05 Å². The summed E-state index contributed by atoms with van der Waals surface area (Å²) >= 11 is 0. The Kier molecular flexibility index (Phi) is 5.09. The number of halogens is 3. The fourth-order valence-electron chi connectivity index (χ4n) is 4.25. The fourth-order valence-corrected chi connectivity index (χ4v) is 4.25. The summed E-state index contributed by atoms with van der Waals surface area (Å²) in [6, 6.07) is 6.69. The highest BCUT2D eigenvalue weighted by atomic mass is 19.4. The van der Waals surface area contributed by atoms with E-state index in [9.17, 15) is 18.0 Å². The Labute approximate surface area is 146 Å². The first kappa shape index (κ1) is 18.2. The van der Waals surface area contributed by atoms with Gasteiger partial charge in [-0.3, -0.25) is 4.79 Å². The van der Waals surface area contributed by atoms with Crippen LogP contribution in [-0.2, 0) is 11.0 Å². The first-order valence-corrected chi connectivity index (χ1v) is 8.93. The predicted molar refractivity (Wildman–Crippen MR) is 90.2 cm³/mol. The van der Waals surface area contributed by atoms with Gasteiger partial charge >= 0.3 is 6.18 Å². The summed E-state index contributed by atoms with van der Waals surface area (Å²) in [4.78, 5) is 14.4. The number of benzene rings is 1. The summed E-state index contributed by atoms with van der Waals surface area (Å²) < 4.78 is 39.6. The molecule has 138 valence electrons. The Hall–Kier alpha value is -1.56. The van der Waals surface area contributed by atoms with E-state index in [4.69, 9.17) is 0 Å². The van der Waals surface area contributed by atoms with Crippen LogP contribution >= 0.6 is 0 Å². The van der Waals surface area contributed by atoms with E-state index < -0.39 is 17.7 Å². The number of carbonyl (C=O) groups is 1. The van der Waals surface area contributed by atoms with Crippen LogP contribution in [0.4, 0.5) is 13.2 Å². The Balaban J connectivity index is 1.67. The number of nitrogens with zero attached hydrogens (tertiary/aromatic N) is 1. The van der Waals surface area contributed by atoms with E-state index in [0.29, 0.717) is 12.1 Å². The third kappa shape index (κ3) is 4.00. The van der Waals surface area contributed by atoms with Gasteiger partial charge < -0.3 is 10.2 Å². The Bertz CT molecular complexity index is 619. The Morgan fingerprint density at radius 2 is 1.84 bits per heavy atom. The molecule has 1 N–H and O–H groups in total. The molecule has 2 heterocycles. The molecule has 0 aliphatic carbocycles. The molecule has 3 rings (SSSR count). The lowest BCUT2D eigenvalue weighted by molar-refractivity contribution is -0.139. The van der Waals surface area contributed by atoms with Crippen molar-refractivity contribution < 1.29 is 18.0 Å². The molecule has 3 atom stereocenters. The van der Waals surface area contributed by atoms with Crippen LogP contribution in [-0.4, -0.2) is 36.0 Å². The van der Waals surface area contributed by atoms with Crippen LogP contribution in [0, 0.1) is 0 Å². The summed E-state index contributed by atoms with van der Waals surface area (Å²) in [6.45, 7) is 1.70. The number of hydrogen-bond acceptors (Lipinski definition) is 2. The molecule has 6 heteroatoms. The molecular formula is C19H25F3N2O. The molecule has 0 aromatic heterocycles. The molecule has 3 nitrogen and oxygen atoms in total. The van der Waals surface area contributed by atoms with Crippen molar-refractivity contribution in [3.05, 3.63) is 35.4 Å². The van der Waals surface area contributed by atoms with E-state index in [1.807, 2.05) is 0 Å². The van der Waals surface area contributed by atoms with Gasteiger partial charge in [-0.25, -0.2) is 0 Å². The lowest BCUT2D eigenvalue weighted by atomic mass is 9.91. The smallest absolute Gasteiger partial charge is 0.343 e. The predicted octanol–water partition coefficient (Wildman–Crippen LogP) is 3.94. The standard InChI is InChI=1S/C19H25F3N2O/c1-12(16-5-3-4-6-17(16)19(20,21)22)9-18(25)24(2)15-10-13-7-8-14(11-15)23-13/h3-6,12-15,23H,7-11H2,1-2H3. The Morgan fingerprint density at radius 1 is 1.24 bits per heavy atom. The number of carbonyl (C=O) groups excluding carboxylic acids is 1. The summed E-state index contributed by atoms with van der Waals surface area (Å²) in [5, 5.41) is 3.54. The van der Waals surface area contributed by atoms with Gasteiger partial charge in [0.25, 0.3) is 0 Å². The SMILES string of the molecule is CC(CC(=O)N(C)C1CC2CCC(C1)N2)c1ccccc1C(F)(F)F. The van der Waals surface area contributed by atoms with Crippen LogP contribution in [0.5, 0.6) is 0 Å². The van der Waals surface area contributed by atoms with Crippen molar-refractivity contribution in [1.29, 1.82) is 0 Å². The molecule has 2 aliphatic heterocycles. The van der Waals surface area contributed by atoms with Crippen LogP contribution < -0.4 is 5.32 Å². The number of rotatable bonds is 4. The topological polar surface area (TPSA) is 32.3 Å². The maximum Gasteiger partial charge on any atom is 0.416 e. The van der Waals surface area contributed by atoms with E-state index >= 15 is 0 Å². The van der Waals surface area contributed by atoms with Crippen LogP contribution in [0.2, 0.25) is 0 Å². The van der Waals surface area contributed by atoms with E-state index in [2.05, 4.69) is 5.32 Å². The average Bonchev–Trinajstić information content (AvgIpc) is 2.91. The third-order valence-electron chi connectivity index (χ3n) is 5.67. The highest BCUT2D eigenvalue weighted by Crippen LogP contribution is 2.36. The molecule has 1 aromatic carbocycles. The number of piperidine rings is 1. The number of nitrogens with one attached hydrogen (secondary N) is 1. The van der Waals surface area contributed by atoms with Crippen molar-refractivity contribution in [3.63, 3.8) is 0 Å². The Morgan fingerprint density at radius 3 is 2.44 bits per heavy atom. The van der Waals surface area contributed by atoms with Crippen LogP contribution in [0.3, 0.4) is 0 Å². The van der Waals surface area contributed by atoms with Gasteiger partial charge in [-0.2, -0.15) is 13.2 Å². The molecule has 0 radical (unpaired) electrons. The summed E-state index contributed by atoms with van der Waals surface area (Å²) in [7, 11) is 1.79. The van der Waals surface area contributed by atoms with Crippen LogP contribution in [0.15, 0.2) is 24.3 Å². The molecule has 0 saturated carbocycles. The fraction of sp³-hybridized carbons (Fsp3) is 0.632. The molecule has 2 bridgehead atoms. The molecule has 1 aromatic rings. The van der Waals surface area contributed by atoms with Gasteiger partial charge in [-0.1, -0.05) is 25.1 Å². The quantitative estimate of drug-likeness (QED) is 0.888. The van der Waals surface area contributed by atoms with E-state index in [-0.39, 0.29) is 23.9 Å². The molecule has 2 fully saturated rings. The zero-order valence-electron chi connectivity index (χ0n) is 14.6. The summed E-state index contributed by atoms with van der Waals surface area (Å²) in [5.74, 6) is -0.540. The van der Waals surface area contributed by atoms with Gasteiger partial charge in [-0.15, -0.1) is 0 Å². The van der Waals surface area contributed by atoms with Crippen molar-refractivity contribution in [2.45, 2.75) is 69.2 Å². The summed E-state index contributed by atoms with van der Waals surface area (Å²) in [6.07, 6.45) is -0.119. The van der Waals surface area contributed by atoms with Gasteiger partial charge in [0.1, 0.15) is 0 Å². The third-order valence-corrected chi connectivity index (χ3v) is 5.67. The number of alkyl halides is 3. The average molecular weight is 354 g/mol. The maximum absolute atomic E-state index is 13.2. The van der Waals surface area contributed by atoms with Gasteiger partial charge in [0.2, 0.25) is 5.91 Å². The highest BCUT2D eigenvalue weighted by molar-refractivity contribution is 5.77. The van der Waals surface area contributed by atoms with Crippen LogP contribution in [0.1, 0.15) is 56.1 Å². The first-order chi connectivity index (χ1) is 11.8. The highest BCUT2D eigenvalue weighted by Gasteiger charge is 2.37. The van der Waals surface area contributed by atoms with Crippen molar-refractivity contribution in [1.82, 2.24) is 10.2 Å². The molecule has 2 aliphatic rings. The molecule has 1 amide bonds. The molecule has 0 spiro atoms. The lowest BCUT2D eigenvalue weighted by Gasteiger charge is -2.36. The zero-order chi connectivity index (χ0) is 18.2. The van der Waals surface area contributed by atoms with Gasteiger partial charge in [0.05, 0.1) is 5.56 Å². The van der Waals surface area contributed by atoms with E-state index in [1.54, 1.807) is 24.9 Å². The van der Waals surface area contributed by atoms with Crippen molar-refractivity contribution >= 4 is 5.91 Å². The minimum Gasteiger partial charge on any atom is -0.343 e. The lowest BCUT2D eigenvalue weighted by Crippen LogP contribution is -2.48. The van der Waals surface area contributed by atoms with E-state index in [0.717, 1.165) is 31.7 Å².